The summed E-state index contributed by atoms with van der Waals surface area (Å²) in [6.07, 6.45) is 3.70. The molecule has 0 saturated heterocycles. The highest BCUT2D eigenvalue weighted by Crippen LogP contribution is 2.08. The normalized spacial score (nSPS) is 13.5. The quantitative estimate of drug-likeness (QED) is 0.433. The van der Waals surface area contributed by atoms with Gasteiger partial charge in [0.2, 0.25) is 0 Å². The van der Waals surface area contributed by atoms with E-state index in [0.717, 1.165) is 18.6 Å². The molecule has 0 saturated carbocycles. The summed E-state index contributed by atoms with van der Waals surface area (Å²) in [6, 6.07) is 4.13. The summed E-state index contributed by atoms with van der Waals surface area (Å²) in [5.74, 6) is 1.41. The molecule has 0 radical (unpaired) electrons. The number of carbonyl (C=O) groups excluding carboxylic acids is 1. The van der Waals surface area contributed by atoms with Crippen LogP contribution in [0.1, 0.15) is 53.2 Å². The summed E-state index contributed by atoms with van der Waals surface area (Å²) in [5, 5.41) is 6.60. The minimum Gasteiger partial charge on any atom is -0.469 e. The second kappa shape index (κ2) is 10.0. The molecule has 1 rings (SSSR count). The van der Waals surface area contributed by atoms with Crippen LogP contribution < -0.4 is 10.6 Å². The molecule has 0 aliphatic carbocycles. The third kappa shape index (κ3) is 9.22. The molecule has 24 heavy (non-hydrogen) atoms. The molecular formula is C18H31N3O3. The number of aliphatic imine (C=N–C) groups is 1. The van der Waals surface area contributed by atoms with E-state index in [-0.39, 0.29) is 12.4 Å². The van der Waals surface area contributed by atoms with Crippen LogP contribution in [0.2, 0.25) is 0 Å². The Hall–Kier alpha value is -1.98. The Bertz CT molecular complexity index is 504. The van der Waals surface area contributed by atoms with Crippen LogP contribution in [0.4, 0.5) is 0 Å². The van der Waals surface area contributed by atoms with Crippen molar-refractivity contribution in [3.8, 4) is 0 Å². The van der Waals surface area contributed by atoms with Crippen LogP contribution in [-0.4, -0.2) is 36.7 Å². The van der Waals surface area contributed by atoms with Gasteiger partial charge in [0.25, 0.3) is 0 Å². The molecule has 6 heteroatoms. The Morgan fingerprint density at radius 1 is 1.42 bits per heavy atom. The van der Waals surface area contributed by atoms with Gasteiger partial charge in [0.1, 0.15) is 11.4 Å². The van der Waals surface area contributed by atoms with E-state index in [9.17, 15) is 4.79 Å². The summed E-state index contributed by atoms with van der Waals surface area (Å²) >= 11 is 0. The number of nitrogens with zero attached hydrogens (tertiary/aromatic N) is 1. The fraction of sp³-hybridized carbons (Fsp3) is 0.667. The van der Waals surface area contributed by atoms with Gasteiger partial charge in [-0.2, -0.15) is 0 Å². The smallest absolute Gasteiger partial charge is 0.308 e. The van der Waals surface area contributed by atoms with Crippen LogP contribution in [0.25, 0.3) is 0 Å². The van der Waals surface area contributed by atoms with Crippen molar-refractivity contribution in [2.75, 3.05) is 13.1 Å². The van der Waals surface area contributed by atoms with Gasteiger partial charge in [0, 0.05) is 19.0 Å². The van der Waals surface area contributed by atoms with E-state index in [1.165, 1.54) is 0 Å². The predicted octanol–water partition coefficient (Wildman–Crippen LogP) is 2.89. The first-order valence-electron chi connectivity index (χ1n) is 8.59. The highest BCUT2D eigenvalue weighted by molar-refractivity contribution is 5.80. The third-order valence-corrected chi connectivity index (χ3v) is 3.25. The second-order valence-electron chi connectivity index (χ2n) is 6.78. The standard InChI is InChI=1S/C18H31N3O3/c1-6-14(2)21-17(19-11-9-15-8-7-13-23-15)20-12-10-16(22)24-18(3,4)5/h7-8,13-14H,6,9-12H2,1-5H3,(H2,19,20,21). The molecule has 0 aliphatic heterocycles. The minimum absolute atomic E-state index is 0.232. The number of carbonyl (C=O) groups is 1. The first kappa shape index (κ1) is 20.1. The van der Waals surface area contributed by atoms with Crippen molar-refractivity contribution in [2.24, 2.45) is 4.99 Å². The van der Waals surface area contributed by atoms with Crippen molar-refractivity contribution in [1.29, 1.82) is 0 Å². The van der Waals surface area contributed by atoms with Crippen molar-refractivity contribution < 1.29 is 13.9 Å². The number of esters is 1. The number of rotatable bonds is 8. The van der Waals surface area contributed by atoms with Gasteiger partial charge in [0.05, 0.1) is 19.2 Å². The van der Waals surface area contributed by atoms with E-state index in [4.69, 9.17) is 9.15 Å². The fourth-order valence-electron chi connectivity index (χ4n) is 1.90. The Balaban J connectivity index is 2.46. The molecule has 1 heterocycles. The summed E-state index contributed by atoms with van der Waals surface area (Å²) in [5.41, 5.74) is -0.458. The van der Waals surface area contributed by atoms with Gasteiger partial charge in [0.15, 0.2) is 5.96 Å². The molecule has 0 amide bonds. The van der Waals surface area contributed by atoms with E-state index in [0.29, 0.717) is 25.1 Å². The first-order valence-corrected chi connectivity index (χ1v) is 8.59. The van der Waals surface area contributed by atoms with Crippen LogP contribution in [0.15, 0.2) is 27.8 Å². The van der Waals surface area contributed by atoms with Crippen molar-refractivity contribution >= 4 is 11.9 Å². The van der Waals surface area contributed by atoms with Gasteiger partial charge in [-0.05, 0) is 46.2 Å². The molecule has 1 aromatic heterocycles. The predicted molar refractivity (Wildman–Crippen MR) is 96.1 cm³/mol. The molecule has 0 aliphatic rings. The van der Waals surface area contributed by atoms with Crippen molar-refractivity contribution in [3.63, 3.8) is 0 Å². The van der Waals surface area contributed by atoms with Crippen molar-refractivity contribution in [3.05, 3.63) is 24.2 Å². The molecular weight excluding hydrogens is 306 g/mol. The molecule has 0 aromatic carbocycles. The molecule has 1 aromatic rings. The summed E-state index contributed by atoms with van der Waals surface area (Å²) in [6.45, 7) is 10.9. The molecule has 136 valence electrons. The van der Waals surface area contributed by atoms with Crippen LogP contribution in [-0.2, 0) is 16.0 Å². The Morgan fingerprint density at radius 3 is 2.75 bits per heavy atom. The van der Waals surface area contributed by atoms with Gasteiger partial charge in [-0.25, -0.2) is 0 Å². The highest BCUT2D eigenvalue weighted by atomic mass is 16.6. The topological polar surface area (TPSA) is 75.9 Å². The van der Waals surface area contributed by atoms with Crippen LogP contribution >= 0.6 is 0 Å². The maximum atomic E-state index is 11.7. The molecule has 1 unspecified atom stereocenters. The van der Waals surface area contributed by atoms with Crippen LogP contribution in [0.3, 0.4) is 0 Å². The Morgan fingerprint density at radius 2 is 2.17 bits per heavy atom. The van der Waals surface area contributed by atoms with E-state index < -0.39 is 5.60 Å². The number of furan rings is 1. The lowest BCUT2D eigenvalue weighted by atomic mass is 10.2. The minimum atomic E-state index is -0.458. The SMILES string of the molecule is CCC(C)NC(=NCCC(=O)OC(C)(C)C)NCCc1ccco1. The first-order chi connectivity index (χ1) is 11.3. The zero-order valence-electron chi connectivity index (χ0n) is 15.5. The Labute approximate surface area is 145 Å². The highest BCUT2D eigenvalue weighted by Gasteiger charge is 2.15. The van der Waals surface area contributed by atoms with Gasteiger partial charge < -0.3 is 19.8 Å². The lowest BCUT2D eigenvalue weighted by Gasteiger charge is -2.19. The average molecular weight is 337 g/mol. The van der Waals surface area contributed by atoms with Gasteiger partial charge in [-0.15, -0.1) is 0 Å². The van der Waals surface area contributed by atoms with Gasteiger partial charge in [-0.3, -0.25) is 9.79 Å². The zero-order chi connectivity index (χ0) is 18.0. The molecule has 6 nitrogen and oxygen atoms in total. The average Bonchev–Trinajstić information content (AvgIpc) is 2.98. The van der Waals surface area contributed by atoms with Gasteiger partial charge >= 0.3 is 5.97 Å². The van der Waals surface area contributed by atoms with Crippen LogP contribution in [0.5, 0.6) is 0 Å². The monoisotopic (exact) mass is 337 g/mol. The molecule has 1 atom stereocenters. The fourth-order valence-corrected chi connectivity index (χ4v) is 1.90. The summed E-state index contributed by atoms with van der Waals surface area (Å²) < 4.78 is 10.6. The van der Waals surface area contributed by atoms with E-state index in [1.54, 1.807) is 6.26 Å². The van der Waals surface area contributed by atoms with Crippen LogP contribution in [0, 0.1) is 0 Å². The third-order valence-electron chi connectivity index (χ3n) is 3.25. The second-order valence-corrected chi connectivity index (χ2v) is 6.78. The molecule has 0 spiro atoms. The zero-order valence-corrected chi connectivity index (χ0v) is 15.5. The molecule has 0 bridgehead atoms. The lowest BCUT2D eigenvalue weighted by Crippen LogP contribution is -2.43. The number of ether oxygens (including phenoxy) is 1. The lowest BCUT2D eigenvalue weighted by molar-refractivity contribution is -0.154. The maximum Gasteiger partial charge on any atom is 0.308 e. The van der Waals surface area contributed by atoms with E-state index in [1.807, 2.05) is 32.9 Å². The number of guanidine groups is 1. The molecule has 0 fully saturated rings. The summed E-state index contributed by atoms with van der Waals surface area (Å²) in [4.78, 5) is 16.2. The van der Waals surface area contributed by atoms with E-state index in [2.05, 4.69) is 29.5 Å². The van der Waals surface area contributed by atoms with E-state index >= 15 is 0 Å². The summed E-state index contributed by atoms with van der Waals surface area (Å²) in [7, 11) is 0. The maximum absolute atomic E-state index is 11.7. The number of hydrogen-bond acceptors (Lipinski definition) is 4. The van der Waals surface area contributed by atoms with Crippen molar-refractivity contribution in [1.82, 2.24) is 10.6 Å². The molecule has 2 N–H and O–H groups in total. The number of nitrogens with one attached hydrogen (secondary N) is 2. The number of hydrogen-bond donors (Lipinski definition) is 2. The van der Waals surface area contributed by atoms with Gasteiger partial charge in [-0.1, -0.05) is 6.92 Å². The largest absolute Gasteiger partial charge is 0.469 e. The van der Waals surface area contributed by atoms with Crippen molar-refractivity contribution in [2.45, 2.75) is 65.5 Å². The Kier molecular flexibility index (Phi) is 8.36.